The van der Waals surface area contributed by atoms with Gasteiger partial charge in [0.05, 0.1) is 19.8 Å². The number of fused-ring (bicyclic) bond motifs is 1. The molecule has 0 aliphatic carbocycles. The quantitative estimate of drug-likeness (QED) is 0.523. The molecule has 0 radical (unpaired) electrons. The molecule has 7 heteroatoms. The van der Waals surface area contributed by atoms with Gasteiger partial charge in [0, 0.05) is 49.2 Å². The number of thiocarbonyl (C=S) groups is 1. The monoisotopic (exact) mass is 464 g/mol. The number of aromatic nitrogens is 1. The van der Waals surface area contributed by atoms with Crippen molar-refractivity contribution in [3.63, 3.8) is 0 Å². The van der Waals surface area contributed by atoms with Gasteiger partial charge in [-0.2, -0.15) is 0 Å². The highest BCUT2D eigenvalue weighted by Gasteiger charge is 2.17. The summed E-state index contributed by atoms with van der Waals surface area (Å²) in [6.45, 7) is 10.2. The van der Waals surface area contributed by atoms with Gasteiger partial charge >= 0.3 is 0 Å². The number of aryl methyl sites for hydroxylation is 2. The molecular weight excluding hydrogens is 432 g/mol. The molecule has 0 spiro atoms. The van der Waals surface area contributed by atoms with Crippen molar-refractivity contribution >= 4 is 28.2 Å². The molecule has 0 bridgehead atoms. The zero-order valence-electron chi connectivity index (χ0n) is 19.4. The summed E-state index contributed by atoms with van der Waals surface area (Å²) in [5.41, 5.74) is 5.01. The van der Waals surface area contributed by atoms with Crippen molar-refractivity contribution in [3.8, 4) is 0 Å². The number of nitrogens with one attached hydrogen (secondary N) is 2. The van der Waals surface area contributed by atoms with E-state index in [4.69, 9.17) is 17.0 Å². The molecule has 33 heavy (non-hydrogen) atoms. The fourth-order valence-electron chi connectivity index (χ4n) is 4.26. The number of morpholine rings is 1. The maximum Gasteiger partial charge on any atom is 0.253 e. The second-order valence-corrected chi connectivity index (χ2v) is 9.07. The van der Waals surface area contributed by atoms with E-state index in [-0.39, 0.29) is 5.56 Å². The highest BCUT2D eigenvalue weighted by Crippen LogP contribution is 2.19. The minimum absolute atomic E-state index is 0.0604. The van der Waals surface area contributed by atoms with E-state index in [9.17, 15) is 4.79 Å². The van der Waals surface area contributed by atoms with Crippen LogP contribution < -0.4 is 10.9 Å². The molecule has 0 unspecified atom stereocenters. The Balaban J connectivity index is 1.53. The summed E-state index contributed by atoms with van der Waals surface area (Å²) < 4.78 is 5.47. The summed E-state index contributed by atoms with van der Waals surface area (Å²) in [5, 5.41) is 5.12. The Morgan fingerprint density at radius 3 is 2.67 bits per heavy atom. The van der Waals surface area contributed by atoms with Gasteiger partial charge in [0.2, 0.25) is 0 Å². The van der Waals surface area contributed by atoms with E-state index in [2.05, 4.69) is 45.2 Å². The highest BCUT2D eigenvalue weighted by molar-refractivity contribution is 7.80. The first-order valence-corrected chi connectivity index (χ1v) is 11.9. The van der Waals surface area contributed by atoms with Crippen LogP contribution in [0.1, 0.15) is 22.3 Å². The van der Waals surface area contributed by atoms with Gasteiger partial charge in [0.15, 0.2) is 5.11 Å². The third-order valence-corrected chi connectivity index (χ3v) is 6.52. The lowest BCUT2D eigenvalue weighted by Gasteiger charge is -2.31. The molecule has 1 saturated heterocycles. The Kier molecular flexibility index (Phi) is 7.75. The maximum absolute atomic E-state index is 12.9. The molecule has 1 fully saturated rings. The lowest BCUT2D eigenvalue weighted by atomic mass is 10.0. The van der Waals surface area contributed by atoms with E-state index in [1.165, 1.54) is 5.56 Å². The van der Waals surface area contributed by atoms with Crippen molar-refractivity contribution < 1.29 is 4.74 Å². The molecule has 3 aromatic rings. The Bertz CT molecular complexity index is 1160. The van der Waals surface area contributed by atoms with Gasteiger partial charge in [0.1, 0.15) is 0 Å². The Morgan fingerprint density at radius 2 is 1.91 bits per heavy atom. The van der Waals surface area contributed by atoms with Crippen molar-refractivity contribution in [1.29, 1.82) is 0 Å². The highest BCUT2D eigenvalue weighted by atomic mass is 32.1. The van der Waals surface area contributed by atoms with Crippen molar-refractivity contribution in [2.24, 2.45) is 0 Å². The third-order valence-electron chi connectivity index (χ3n) is 6.11. The number of nitrogens with zero attached hydrogens (tertiary/aromatic N) is 2. The molecule has 2 heterocycles. The predicted octanol–water partition coefficient (Wildman–Crippen LogP) is 3.35. The van der Waals surface area contributed by atoms with Crippen LogP contribution in [0.5, 0.6) is 0 Å². The van der Waals surface area contributed by atoms with Crippen LogP contribution in [-0.2, 0) is 17.8 Å². The normalized spacial score (nSPS) is 14.4. The minimum atomic E-state index is -0.0604. The van der Waals surface area contributed by atoms with E-state index in [1.54, 1.807) is 0 Å². The lowest BCUT2D eigenvalue weighted by Crippen LogP contribution is -2.46. The average molecular weight is 465 g/mol. The number of aromatic amines is 1. The zero-order valence-corrected chi connectivity index (χ0v) is 20.2. The van der Waals surface area contributed by atoms with Crippen LogP contribution in [0.2, 0.25) is 0 Å². The van der Waals surface area contributed by atoms with E-state index >= 15 is 0 Å². The third kappa shape index (κ3) is 6.19. The van der Waals surface area contributed by atoms with Crippen LogP contribution >= 0.6 is 12.2 Å². The summed E-state index contributed by atoms with van der Waals surface area (Å²) in [6.07, 6.45) is 0. The Hall–Kier alpha value is -2.74. The Morgan fingerprint density at radius 1 is 1.15 bits per heavy atom. The zero-order chi connectivity index (χ0) is 23.2. The smallest absolute Gasteiger partial charge is 0.253 e. The predicted molar refractivity (Wildman–Crippen MR) is 138 cm³/mol. The van der Waals surface area contributed by atoms with Crippen LogP contribution in [-0.4, -0.2) is 59.3 Å². The van der Waals surface area contributed by atoms with Crippen LogP contribution in [0.3, 0.4) is 0 Å². The van der Waals surface area contributed by atoms with E-state index in [0.717, 1.165) is 67.0 Å². The van der Waals surface area contributed by atoms with Gasteiger partial charge < -0.3 is 19.9 Å². The van der Waals surface area contributed by atoms with Crippen molar-refractivity contribution in [2.45, 2.75) is 26.9 Å². The van der Waals surface area contributed by atoms with Crippen molar-refractivity contribution in [1.82, 2.24) is 20.1 Å². The van der Waals surface area contributed by atoms with Gasteiger partial charge in [-0.25, -0.2) is 0 Å². The number of rotatable bonds is 7. The van der Waals surface area contributed by atoms with Gasteiger partial charge in [-0.3, -0.25) is 9.69 Å². The first-order chi connectivity index (χ1) is 16.0. The summed E-state index contributed by atoms with van der Waals surface area (Å²) in [7, 11) is 0. The van der Waals surface area contributed by atoms with Crippen LogP contribution in [0.15, 0.2) is 53.3 Å². The molecular formula is C26H32N4O2S. The van der Waals surface area contributed by atoms with Gasteiger partial charge in [-0.05, 0) is 54.9 Å². The molecule has 0 saturated carbocycles. The molecule has 2 N–H and O–H groups in total. The number of H-pyrrole nitrogens is 1. The van der Waals surface area contributed by atoms with Crippen LogP contribution in [0.25, 0.3) is 10.9 Å². The molecule has 174 valence electrons. The standard InChI is InChI=1S/C26H32N4O2S/c1-19-14-20(2)23-16-22(25(31)28-24(23)15-19)18-30(9-8-29-10-12-32-13-11-29)26(33)27-17-21-6-4-3-5-7-21/h3-7,14-16H,8-13,17-18H2,1-2H3,(H,27,33)(H,28,31). The van der Waals surface area contributed by atoms with E-state index in [1.807, 2.05) is 37.3 Å². The fourth-order valence-corrected chi connectivity index (χ4v) is 4.49. The molecule has 6 nitrogen and oxygen atoms in total. The number of hydrogen-bond donors (Lipinski definition) is 2. The molecule has 1 aliphatic heterocycles. The fraction of sp³-hybridized carbons (Fsp3) is 0.385. The summed E-state index contributed by atoms with van der Waals surface area (Å²) >= 11 is 5.78. The summed E-state index contributed by atoms with van der Waals surface area (Å²) in [5.74, 6) is 0. The van der Waals surface area contributed by atoms with Gasteiger partial charge in [-0.15, -0.1) is 0 Å². The Labute approximate surface area is 200 Å². The summed E-state index contributed by atoms with van der Waals surface area (Å²) in [4.78, 5) is 20.5. The number of ether oxygens (including phenoxy) is 1. The number of pyridine rings is 1. The average Bonchev–Trinajstić information content (AvgIpc) is 2.82. The number of benzene rings is 2. The SMILES string of the molecule is Cc1cc(C)c2cc(CN(CCN3CCOCC3)C(=S)NCc3ccccc3)c(=O)[nH]c2c1. The van der Waals surface area contributed by atoms with E-state index < -0.39 is 0 Å². The van der Waals surface area contributed by atoms with Gasteiger partial charge in [-0.1, -0.05) is 36.4 Å². The van der Waals surface area contributed by atoms with Gasteiger partial charge in [0.25, 0.3) is 5.56 Å². The first-order valence-electron chi connectivity index (χ1n) is 11.5. The first kappa shape index (κ1) is 23.4. The number of hydrogen-bond acceptors (Lipinski definition) is 4. The van der Waals surface area contributed by atoms with E-state index in [0.29, 0.717) is 18.2 Å². The van der Waals surface area contributed by atoms with Crippen molar-refractivity contribution in [3.05, 3.63) is 81.1 Å². The van der Waals surface area contributed by atoms with Crippen LogP contribution in [0, 0.1) is 13.8 Å². The minimum Gasteiger partial charge on any atom is -0.379 e. The second-order valence-electron chi connectivity index (χ2n) is 8.69. The topological polar surface area (TPSA) is 60.6 Å². The molecule has 2 aromatic carbocycles. The molecule has 0 amide bonds. The maximum atomic E-state index is 12.9. The second kappa shape index (κ2) is 10.9. The molecule has 1 aromatic heterocycles. The van der Waals surface area contributed by atoms with Crippen molar-refractivity contribution in [2.75, 3.05) is 39.4 Å². The largest absolute Gasteiger partial charge is 0.379 e. The summed E-state index contributed by atoms with van der Waals surface area (Å²) in [6, 6.07) is 16.4. The molecule has 0 atom stereocenters. The van der Waals surface area contributed by atoms with Crippen LogP contribution in [0.4, 0.5) is 0 Å². The molecule has 1 aliphatic rings. The lowest BCUT2D eigenvalue weighted by molar-refractivity contribution is 0.0357. The molecule has 4 rings (SSSR count).